The third-order valence-electron chi connectivity index (χ3n) is 3.37. The number of hydrogen-bond donors (Lipinski definition) is 0. The number of aromatic nitrogens is 2. The number of nitrogens with zero attached hydrogens (tertiary/aromatic N) is 3. The first-order chi connectivity index (χ1) is 11.0. The molecule has 23 heavy (non-hydrogen) atoms. The van der Waals surface area contributed by atoms with E-state index in [1.807, 2.05) is 0 Å². The monoisotopic (exact) mass is 313 g/mol. The maximum atomic E-state index is 12.1. The highest BCUT2D eigenvalue weighted by Gasteiger charge is 2.35. The van der Waals surface area contributed by atoms with Gasteiger partial charge in [0.25, 0.3) is 17.4 Å². The van der Waals surface area contributed by atoms with Gasteiger partial charge in [0, 0.05) is 13.1 Å². The molecule has 1 aromatic heterocycles. The molecule has 0 saturated carbocycles. The lowest BCUT2D eigenvalue weighted by Gasteiger charge is -2.13. The Morgan fingerprint density at radius 1 is 1.04 bits per heavy atom. The van der Waals surface area contributed by atoms with Crippen molar-refractivity contribution in [2.24, 2.45) is 7.05 Å². The number of fused-ring (bicyclic) bond motifs is 1. The van der Waals surface area contributed by atoms with Crippen LogP contribution in [0.3, 0.4) is 0 Å². The maximum Gasteiger partial charge on any atom is 0.360 e. The molecule has 0 unspecified atom stereocenters. The average molecular weight is 313 g/mol. The van der Waals surface area contributed by atoms with Crippen LogP contribution in [0.1, 0.15) is 31.2 Å². The summed E-state index contributed by atoms with van der Waals surface area (Å²) in [6, 6.07) is 8.75. The van der Waals surface area contributed by atoms with E-state index in [1.54, 1.807) is 12.1 Å². The van der Waals surface area contributed by atoms with Crippen molar-refractivity contribution in [3.05, 3.63) is 63.6 Å². The highest BCUT2D eigenvalue weighted by molar-refractivity contribution is 6.21. The number of amides is 2. The van der Waals surface area contributed by atoms with Gasteiger partial charge in [-0.2, -0.15) is 5.10 Å². The lowest BCUT2D eigenvalue weighted by Crippen LogP contribution is -2.33. The summed E-state index contributed by atoms with van der Waals surface area (Å²) in [5.74, 6) is -1.88. The highest BCUT2D eigenvalue weighted by atomic mass is 16.5. The molecule has 3 rings (SSSR count). The van der Waals surface area contributed by atoms with Gasteiger partial charge in [0.2, 0.25) is 0 Å². The molecule has 0 radical (unpaired) electrons. The number of rotatable bonds is 3. The second-order valence-corrected chi connectivity index (χ2v) is 4.83. The van der Waals surface area contributed by atoms with Gasteiger partial charge < -0.3 is 4.74 Å². The van der Waals surface area contributed by atoms with Crippen LogP contribution in [-0.2, 0) is 11.8 Å². The van der Waals surface area contributed by atoms with Crippen LogP contribution >= 0.6 is 0 Å². The van der Waals surface area contributed by atoms with Gasteiger partial charge in [-0.05, 0) is 18.2 Å². The standard InChI is InChI=1S/C15H11N3O5/c1-17-12(19)7-6-11(16-17)15(22)23-8-18-13(20)9-4-2-3-5-10(9)14(18)21/h2-7H,8H2,1H3. The largest absolute Gasteiger partial charge is 0.439 e. The fourth-order valence-electron chi connectivity index (χ4n) is 2.16. The second kappa shape index (κ2) is 5.48. The summed E-state index contributed by atoms with van der Waals surface area (Å²) in [6.07, 6.45) is 0. The summed E-state index contributed by atoms with van der Waals surface area (Å²) >= 11 is 0. The zero-order chi connectivity index (χ0) is 16.6. The SMILES string of the molecule is Cn1nc(C(=O)OCN2C(=O)c3ccccc3C2=O)ccc1=O. The molecule has 8 nitrogen and oxygen atoms in total. The van der Waals surface area contributed by atoms with Crippen LogP contribution in [0.4, 0.5) is 0 Å². The van der Waals surface area contributed by atoms with Gasteiger partial charge in [-0.25, -0.2) is 14.4 Å². The van der Waals surface area contributed by atoms with E-state index in [2.05, 4.69) is 5.10 Å². The first-order valence-electron chi connectivity index (χ1n) is 6.66. The van der Waals surface area contributed by atoms with E-state index in [0.29, 0.717) is 0 Å². The Morgan fingerprint density at radius 3 is 2.22 bits per heavy atom. The molecule has 1 aromatic carbocycles. The molecular formula is C15H11N3O5. The molecule has 0 saturated heterocycles. The molecule has 0 aliphatic carbocycles. The van der Waals surface area contributed by atoms with E-state index in [4.69, 9.17) is 4.74 Å². The molecule has 0 fully saturated rings. The molecule has 8 heteroatoms. The summed E-state index contributed by atoms with van der Waals surface area (Å²) < 4.78 is 5.93. The fraction of sp³-hybridized carbons (Fsp3) is 0.133. The fourth-order valence-corrected chi connectivity index (χ4v) is 2.16. The minimum absolute atomic E-state index is 0.0938. The Balaban J connectivity index is 1.73. The Hall–Kier alpha value is -3.29. The number of esters is 1. The van der Waals surface area contributed by atoms with Gasteiger partial charge >= 0.3 is 5.97 Å². The van der Waals surface area contributed by atoms with Crippen molar-refractivity contribution >= 4 is 17.8 Å². The number of aryl methyl sites for hydroxylation is 1. The van der Waals surface area contributed by atoms with E-state index in [9.17, 15) is 19.2 Å². The number of benzene rings is 1. The molecular weight excluding hydrogens is 302 g/mol. The van der Waals surface area contributed by atoms with Gasteiger partial charge in [0.1, 0.15) is 0 Å². The van der Waals surface area contributed by atoms with Crippen molar-refractivity contribution < 1.29 is 19.1 Å². The maximum absolute atomic E-state index is 12.1. The van der Waals surface area contributed by atoms with Gasteiger partial charge in [0.05, 0.1) is 11.1 Å². The van der Waals surface area contributed by atoms with E-state index in [0.717, 1.165) is 9.58 Å². The van der Waals surface area contributed by atoms with Crippen molar-refractivity contribution in [2.45, 2.75) is 0 Å². The number of imide groups is 1. The van der Waals surface area contributed by atoms with Crippen molar-refractivity contribution in [1.29, 1.82) is 0 Å². The number of ether oxygens (including phenoxy) is 1. The quantitative estimate of drug-likeness (QED) is 0.592. The molecule has 1 aliphatic heterocycles. The van der Waals surface area contributed by atoms with E-state index in [-0.39, 0.29) is 22.4 Å². The van der Waals surface area contributed by atoms with Crippen molar-refractivity contribution in [1.82, 2.24) is 14.7 Å². The van der Waals surface area contributed by atoms with Gasteiger partial charge in [-0.1, -0.05) is 12.1 Å². The Labute approximate surface area is 129 Å². The normalized spacial score (nSPS) is 13.2. The summed E-state index contributed by atoms with van der Waals surface area (Å²) in [6.45, 7) is -0.518. The van der Waals surface area contributed by atoms with E-state index in [1.165, 1.54) is 31.3 Å². The first kappa shape index (κ1) is 14.6. The molecule has 1 aliphatic rings. The Kier molecular flexibility index (Phi) is 3.49. The Morgan fingerprint density at radius 2 is 1.65 bits per heavy atom. The summed E-state index contributed by atoms with van der Waals surface area (Å²) in [5, 5.41) is 3.74. The van der Waals surface area contributed by atoms with Gasteiger partial charge in [-0.3, -0.25) is 14.4 Å². The summed E-state index contributed by atoms with van der Waals surface area (Å²) in [5.41, 5.74) is 0.0770. The van der Waals surface area contributed by atoms with Crippen LogP contribution in [0.5, 0.6) is 0 Å². The zero-order valence-electron chi connectivity index (χ0n) is 12.1. The predicted molar refractivity (Wildman–Crippen MR) is 76.7 cm³/mol. The number of carbonyl (C=O) groups is 3. The lowest BCUT2D eigenvalue weighted by atomic mass is 10.1. The highest BCUT2D eigenvalue weighted by Crippen LogP contribution is 2.22. The van der Waals surface area contributed by atoms with E-state index < -0.39 is 24.5 Å². The molecule has 2 heterocycles. The van der Waals surface area contributed by atoms with Crippen molar-refractivity contribution in [2.75, 3.05) is 6.73 Å². The van der Waals surface area contributed by atoms with Crippen LogP contribution in [0.15, 0.2) is 41.2 Å². The van der Waals surface area contributed by atoms with Gasteiger partial charge in [0.15, 0.2) is 12.4 Å². The second-order valence-electron chi connectivity index (χ2n) is 4.83. The Bertz CT molecular complexity index is 852. The van der Waals surface area contributed by atoms with E-state index >= 15 is 0 Å². The van der Waals surface area contributed by atoms with Crippen molar-refractivity contribution in [3.8, 4) is 0 Å². The van der Waals surface area contributed by atoms with Gasteiger partial charge in [-0.15, -0.1) is 0 Å². The molecule has 2 aromatic rings. The summed E-state index contributed by atoms with van der Waals surface area (Å²) in [7, 11) is 1.39. The minimum Gasteiger partial charge on any atom is -0.439 e. The molecule has 116 valence electrons. The lowest BCUT2D eigenvalue weighted by molar-refractivity contribution is 0.0221. The van der Waals surface area contributed by atoms with Crippen LogP contribution in [0, 0.1) is 0 Å². The molecule has 0 N–H and O–H groups in total. The molecule has 0 atom stereocenters. The summed E-state index contributed by atoms with van der Waals surface area (Å²) in [4.78, 5) is 48.2. The topological polar surface area (TPSA) is 98.6 Å². The smallest absolute Gasteiger partial charge is 0.360 e. The average Bonchev–Trinajstić information content (AvgIpc) is 2.80. The van der Waals surface area contributed by atoms with Crippen LogP contribution < -0.4 is 5.56 Å². The third kappa shape index (κ3) is 2.50. The molecule has 0 spiro atoms. The van der Waals surface area contributed by atoms with Crippen molar-refractivity contribution in [3.63, 3.8) is 0 Å². The zero-order valence-corrected chi connectivity index (χ0v) is 12.1. The minimum atomic E-state index is -0.836. The number of hydrogen-bond acceptors (Lipinski definition) is 6. The van der Waals surface area contributed by atoms with Crippen LogP contribution in [0.25, 0.3) is 0 Å². The number of carbonyl (C=O) groups excluding carboxylic acids is 3. The molecule has 0 bridgehead atoms. The predicted octanol–water partition coefficient (Wildman–Crippen LogP) is 0.191. The third-order valence-corrected chi connectivity index (χ3v) is 3.37. The van der Waals surface area contributed by atoms with Crippen LogP contribution in [0.2, 0.25) is 0 Å². The first-order valence-corrected chi connectivity index (χ1v) is 6.66. The van der Waals surface area contributed by atoms with Crippen LogP contribution in [-0.4, -0.2) is 39.2 Å². The molecule has 2 amide bonds.